The molecule has 0 unspecified atom stereocenters. The fraction of sp³-hybridized carbons (Fsp3) is 0.211. The van der Waals surface area contributed by atoms with Crippen molar-refractivity contribution in [3.63, 3.8) is 0 Å². The van der Waals surface area contributed by atoms with Gasteiger partial charge in [0.05, 0.1) is 17.7 Å². The second-order valence-corrected chi connectivity index (χ2v) is 6.64. The summed E-state index contributed by atoms with van der Waals surface area (Å²) in [5.74, 6) is -2.35. The number of rotatable bonds is 5. The Morgan fingerprint density at radius 3 is 2.15 bits per heavy atom. The van der Waals surface area contributed by atoms with Gasteiger partial charge >= 0.3 is 5.97 Å². The van der Waals surface area contributed by atoms with Crippen molar-refractivity contribution in [1.82, 2.24) is 0 Å². The molecule has 0 atom stereocenters. The molecular formula is C19H18ClFN2O4. The molecule has 142 valence electrons. The van der Waals surface area contributed by atoms with E-state index in [1.165, 1.54) is 45.2 Å². The first-order chi connectivity index (χ1) is 12.6. The summed E-state index contributed by atoms with van der Waals surface area (Å²) < 4.78 is 17.8. The Labute approximate surface area is 160 Å². The summed E-state index contributed by atoms with van der Waals surface area (Å²) in [6, 6.07) is 9.85. The molecule has 0 bridgehead atoms. The second-order valence-electron chi connectivity index (χ2n) is 6.23. The average molecular weight is 393 g/mol. The summed E-state index contributed by atoms with van der Waals surface area (Å²) in [5.41, 5.74) is -0.589. The fourth-order valence-electron chi connectivity index (χ4n) is 2.09. The zero-order chi connectivity index (χ0) is 20.2. The maximum Gasteiger partial charge on any atom is 0.337 e. The quantitative estimate of drug-likeness (QED) is 0.597. The van der Waals surface area contributed by atoms with E-state index in [0.717, 1.165) is 6.07 Å². The summed E-state index contributed by atoms with van der Waals surface area (Å²) in [6.45, 7) is 2.87. The highest BCUT2D eigenvalue weighted by Gasteiger charge is 2.36. The Bertz CT molecular complexity index is 899. The van der Waals surface area contributed by atoms with Crippen LogP contribution in [0.3, 0.4) is 0 Å². The molecule has 27 heavy (non-hydrogen) atoms. The van der Waals surface area contributed by atoms with Crippen LogP contribution in [0.1, 0.15) is 24.2 Å². The number of anilines is 2. The SMILES string of the molecule is COC(=O)c1cccc(NC(=O)C(C)(C)C(=O)Nc2ccc(F)c(Cl)c2)c1. The molecule has 0 fully saturated rings. The van der Waals surface area contributed by atoms with Gasteiger partial charge < -0.3 is 15.4 Å². The average Bonchev–Trinajstić information content (AvgIpc) is 2.64. The van der Waals surface area contributed by atoms with Crippen molar-refractivity contribution < 1.29 is 23.5 Å². The van der Waals surface area contributed by atoms with Gasteiger partial charge in [-0.05, 0) is 50.2 Å². The maximum atomic E-state index is 13.2. The van der Waals surface area contributed by atoms with Crippen molar-refractivity contribution in [3.05, 3.63) is 58.9 Å². The molecule has 0 aliphatic rings. The lowest BCUT2D eigenvalue weighted by Crippen LogP contribution is -2.41. The molecule has 0 aliphatic heterocycles. The lowest BCUT2D eigenvalue weighted by molar-refractivity contribution is -0.135. The minimum Gasteiger partial charge on any atom is -0.465 e. The summed E-state index contributed by atoms with van der Waals surface area (Å²) >= 11 is 5.69. The van der Waals surface area contributed by atoms with Crippen molar-refractivity contribution in [2.45, 2.75) is 13.8 Å². The van der Waals surface area contributed by atoms with Crippen molar-refractivity contribution in [2.24, 2.45) is 5.41 Å². The van der Waals surface area contributed by atoms with Crippen LogP contribution in [0, 0.1) is 11.2 Å². The van der Waals surface area contributed by atoms with Crippen LogP contribution >= 0.6 is 11.6 Å². The molecule has 0 saturated heterocycles. The number of halogens is 2. The first kappa shape index (κ1) is 20.4. The number of carbonyl (C=O) groups excluding carboxylic acids is 3. The molecule has 6 nitrogen and oxygen atoms in total. The summed E-state index contributed by atoms with van der Waals surface area (Å²) in [4.78, 5) is 36.6. The Balaban J connectivity index is 2.12. The van der Waals surface area contributed by atoms with Crippen LogP contribution in [-0.4, -0.2) is 24.9 Å². The molecule has 0 radical (unpaired) electrons. The normalized spacial score (nSPS) is 10.9. The van der Waals surface area contributed by atoms with Gasteiger partial charge in [0.2, 0.25) is 11.8 Å². The zero-order valence-electron chi connectivity index (χ0n) is 14.9. The highest BCUT2D eigenvalue weighted by Crippen LogP contribution is 2.24. The summed E-state index contributed by atoms with van der Waals surface area (Å²) in [6.07, 6.45) is 0. The van der Waals surface area contributed by atoms with Gasteiger partial charge in [0.1, 0.15) is 11.2 Å². The van der Waals surface area contributed by atoms with E-state index in [1.54, 1.807) is 12.1 Å². The second kappa shape index (κ2) is 8.18. The number of ether oxygens (including phenoxy) is 1. The molecule has 0 heterocycles. The Kier molecular flexibility index (Phi) is 6.17. The van der Waals surface area contributed by atoms with E-state index in [-0.39, 0.29) is 16.3 Å². The number of esters is 1. The van der Waals surface area contributed by atoms with E-state index in [4.69, 9.17) is 11.6 Å². The standard InChI is InChI=1S/C19H18ClFN2O4/c1-19(2,18(26)23-13-7-8-15(21)14(20)10-13)17(25)22-12-6-4-5-11(9-12)16(24)27-3/h4-10H,1-3H3,(H,22,25)(H,23,26). The van der Waals surface area contributed by atoms with Crippen LogP contribution in [0.4, 0.5) is 15.8 Å². The number of hydrogen-bond donors (Lipinski definition) is 2. The van der Waals surface area contributed by atoms with Gasteiger partial charge in [-0.3, -0.25) is 9.59 Å². The van der Waals surface area contributed by atoms with E-state index < -0.39 is 29.0 Å². The maximum absolute atomic E-state index is 13.2. The van der Waals surface area contributed by atoms with Gasteiger partial charge in [0.15, 0.2) is 0 Å². The Morgan fingerprint density at radius 1 is 1.00 bits per heavy atom. The molecular weight excluding hydrogens is 375 g/mol. The van der Waals surface area contributed by atoms with Gasteiger partial charge in [-0.15, -0.1) is 0 Å². The molecule has 0 saturated carbocycles. The van der Waals surface area contributed by atoms with Gasteiger partial charge in [-0.2, -0.15) is 0 Å². The first-order valence-corrected chi connectivity index (χ1v) is 8.29. The summed E-state index contributed by atoms with van der Waals surface area (Å²) in [7, 11) is 1.25. The van der Waals surface area contributed by atoms with Gasteiger partial charge in [0, 0.05) is 11.4 Å². The van der Waals surface area contributed by atoms with E-state index in [0.29, 0.717) is 5.69 Å². The van der Waals surface area contributed by atoms with Crippen molar-refractivity contribution in [3.8, 4) is 0 Å². The molecule has 8 heteroatoms. The number of nitrogens with one attached hydrogen (secondary N) is 2. The highest BCUT2D eigenvalue weighted by molar-refractivity contribution is 6.31. The number of carbonyl (C=O) groups is 3. The lowest BCUT2D eigenvalue weighted by Gasteiger charge is -2.23. The number of amides is 2. The third-order valence-corrected chi connectivity index (χ3v) is 4.14. The van der Waals surface area contributed by atoms with Crippen molar-refractivity contribution in [2.75, 3.05) is 17.7 Å². The number of hydrogen-bond acceptors (Lipinski definition) is 4. The third-order valence-electron chi connectivity index (χ3n) is 3.85. The molecule has 2 aromatic rings. The van der Waals surface area contributed by atoms with E-state index in [1.807, 2.05) is 0 Å². The van der Waals surface area contributed by atoms with Crippen LogP contribution in [-0.2, 0) is 14.3 Å². The van der Waals surface area contributed by atoms with Gasteiger partial charge in [-0.25, -0.2) is 9.18 Å². The Morgan fingerprint density at radius 2 is 1.59 bits per heavy atom. The molecule has 2 rings (SSSR count). The smallest absolute Gasteiger partial charge is 0.337 e. The van der Waals surface area contributed by atoms with Crippen LogP contribution in [0.2, 0.25) is 5.02 Å². The van der Waals surface area contributed by atoms with Crippen LogP contribution in [0.15, 0.2) is 42.5 Å². The van der Waals surface area contributed by atoms with Gasteiger partial charge in [-0.1, -0.05) is 17.7 Å². The zero-order valence-corrected chi connectivity index (χ0v) is 15.7. The monoisotopic (exact) mass is 392 g/mol. The lowest BCUT2D eigenvalue weighted by atomic mass is 9.90. The first-order valence-electron chi connectivity index (χ1n) is 7.91. The van der Waals surface area contributed by atoms with E-state index in [9.17, 15) is 18.8 Å². The van der Waals surface area contributed by atoms with E-state index >= 15 is 0 Å². The topological polar surface area (TPSA) is 84.5 Å². The molecule has 0 aromatic heterocycles. The third kappa shape index (κ3) is 4.83. The minimum atomic E-state index is -1.46. The van der Waals surface area contributed by atoms with Crippen LogP contribution < -0.4 is 10.6 Å². The predicted molar refractivity (Wildman–Crippen MR) is 100 cm³/mol. The number of benzene rings is 2. The molecule has 0 spiro atoms. The molecule has 2 N–H and O–H groups in total. The van der Waals surface area contributed by atoms with E-state index in [2.05, 4.69) is 15.4 Å². The molecule has 0 aliphatic carbocycles. The van der Waals surface area contributed by atoms with Gasteiger partial charge in [0.25, 0.3) is 0 Å². The molecule has 2 aromatic carbocycles. The highest BCUT2D eigenvalue weighted by atomic mass is 35.5. The number of methoxy groups -OCH3 is 1. The fourth-order valence-corrected chi connectivity index (χ4v) is 2.27. The largest absolute Gasteiger partial charge is 0.465 e. The summed E-state index contributed by atoms with van der Waals surface area (Å²) in [5, 5.41) is 4.98. The van der Waals surface area contributed by atoms with Crippen LogP contribution in [0.5, 0.6) is 0 Å². The van der Waals surface area contributed by atoms with Crippen molar-refractivity contribution >= 4 is 40.8 Å². The molecule has 2 amide bonds. The predicted octanol–water partition coefficient (Wildman–Crippen LogP) is 3.87. The Hall–Kier alpha value is -2.93. The minimum absolute atomic E-state index is 0.144. The van der Waals surface area contributed by atoms with Crippen LogP contribution in [0.25, 0.3) is 0 Å². The van der Waals surface area contributed by atoms with Crippen molar-refractivity contribution in [1.29, 1.82) is 0 Å².